The third-order valence-electron chi connectivity index (χ3n) is 5.31. The number of para-hydroxylation sites is 1. The molecule has 3 aliphatic heterocycles. The Labute approximate surface area is 144 Å². The van der Waals surface area contributed by atoms with E-state index in [9.17, 15) is 20.1 Å². The first kappa shape index (κ1) is 15.2. The second-order valence-electron chi connectivity index (χ2n) is 6.40. The minimum Gasteiger partial charge on any atom is -0.368 e. The van der Waals surface area contributed by atoms with Crippen LogP contribution in [-0.4, -0.2) is 29.8 Å². The summed E-state index contributed by atoms with van der Waals surface area (Å²) >= 11 is 0. The Morgan fingerprint density at radius 1 is 1.00 bits per heavy atom. The van der Waals surface area contributed by atoms with Gasteiger partial charge in [0.2, 0.25) is 11.8 Å². The number of nitrogens with zero attached hydrogens (tertiary/aromatic N) is 4. The summed E-state index contributed by atoms with van der Waals surface area (Å²) in [5, 5.41) is 18.5. The quantitative estimate of drug-likeness (QED) is 0.443. The van der Waals surface area contributed by atoms with E-state index >= 15 is 0 Å². The molecule has 3 heterocycles. The van der Waals surface area contributed by atoms with E-state index in [-0.39, 0.29) is 23.4 Å². The van der Waals surface area contributed by atoms with Crippen molar-refractivity contribution in [2.24, 2.45) is 17.8 Å². The Kier molecular flexibility index (Phi) is 3.23. The van der Waals surface area contributed by atoms with Gasteiger partial charge in [-0.25, -0.2) is 4.90 Å². The molecule has 2 amide bonds. The highest BCUT2D eigenvalue weighted by atomic mass is 16.2. The molecule has 4 aliphatic rings. The van der Waals surface area contributed by atoms with E-state index in [4.69, 9.17) is 0 Å². The lowest BCUT2D eigenvalue weighted by molar-refractivity contribution is -0.124. The molecule has 2 fully saturated rings. The van der Waals surface area contributed by atoms with Crippen molar-refractivity contribution in [1.29, 1.82) is 10.5 Å². The maximum atomic E-state index is 13.1. The molecule has 1 aliphatic carbocycles. The number of anilines is 1. The van der Waals surface area contributed by atoms with Gasteiger partial charge in [-0.05, 0) is 12.1 Å². The van der Waals surface area contributed by atoms with E-state index in [1.54, 1.807) is 36.2 Å². The molecular formula is C19H14N4O2. The van der Waals surface area contributed by atoms with Crippen LogP contribution in [0.5, 0.6) is 0 Å². The number of hydrogen-bond acceptors (Lipinski definition) is 5. The van der Waals surface area contributed by atoms with E-state index < -0.39 is 17.8 Å². The smallest absolute Gasteiger partial charge is 0.240 e. The SMILES string of the molecule is CN1C(=C(C#N)C#N)[C@@H]2C=C[C@H]1[C@H]1C(=O)N(c3ccccc3)C(=O)[C@H]12. The molecule has 1 aromatic rings. The maximum absolute atomic E-state index is 13.1. The Morgan fingerprint density at radius 3 is 2.28 bits per heavy atom. The second-order valence-corrected chi connectivity index (χ2v) is 6.40. The molecule has 2 bridgehead atoms. The van der Waals surface area contributed by atoms with Crippen molar-refractivity contribution in [3.63, 3.8) is 0 Å². The Hall–Kier alpha value is -3.38. The van der Waals surface area contributed by atoms with Crippen molar-refractivity contribution < 1.29 is 9.59 Å². The fourth-order valence-electron chi connectivity index (χ4n) is 4.26. The highest BCUT2D eigenvalue weighted by Gasteiger charge is 2.60. The summed E-state index contributed by atoms with van der Waals surface area (Å²) < 4.78 is 0. The summed E-state index contributed by atoms with van der Waals surface area (Å²) in [6.45, 7) is 0. The number of hydrogen-bond donors (Lipinski definition) is 0. The minimum atomic E-state index is -0.564. The number of piperidine rings is 1. The second kappa shape index (κ2) is 5.32. The lowest BCUT2D eigenvalue weighted by Crippen LogP contribution is -2.53. The predicted molar refractivity (Wildman–Crippen MR) is 88.3 cm³/mol. The fourth-order valence-corrected chi connectivity index (χ4v) is 4.26. The number of rotatable bonds is 1. The molecule has 25 heavy (non-hydrogen) atoms. The summed E-state index contributed by atoms with van der Waals surface area (Å²) in [4.78, 5) is 29.1. The molecule has 0 aromatic heterocycles. The van der Waals surface area contributed by atoms with Gasteiger partial charge in [0.1, 0.15) is 17.7 Å². The maximum Gasteiger partial charge on any atom is 0.240 e. The summed E-state index contributed by atoms with van der Waals surface area (Å²) in [6.07, 6.45) is 3.76. The molecule has 0 spiro atoms. The Balaban J connectivity index is 1.84. The van der Waals surface area contributed by atoms with Gasteiger partial charge in [0, 0.05) is 13.0 Å². The average Bonchev–Trinajstić information content (AvgIpc) is 2.91. The van der Waals surface area contributed by atoms with Crippen LogP contribution in [0.4, 0.5) is 5.69 Å². The van der Waals surface area contributed by atoms with Gasteiger partial charge in [0.15, 0.2) is 0 Å². The van der Waals surface area contributed by atoms with Crippen molar-refractivity contribution >= 4 is 17.5 Å². The molecule has 5 rings (SSSR count). The topological polar surface area (TPSA) is 88.2 Å². The number of fused-ring (bicyclic) bond motifs is 1. The lowest BCUT2D eigenvalue weighted by Gasteiger charge is -2.47. The zero-order chi connectivity index (χ0) is 17.7. The van der Waals surface area contributed by atoms with Gasteiger partial charge in [-0.3, -0.25) is 9.59 Å². The standard InChI is InChI=1S/C19H14N4O2/c1-22-14-8-7-13(17(22)11(9-20)10-21)15-16(14)19(25)23(18(15)24)12-5-3-2-4-6-12/h2-8,13-16H,1H3/t13-,14+,15+,16-/m1/s1. The molecule has 6 nitrogen and oxygen atoms in total. The molecule has 2 saturated heterocycles. The van der Waals surface area contributed by atoms with Crippen molar-refractivity contribution in [2.45, 2.75) is 6.04 Å². The van der Waals surface area contributed by atoms with Gasteiger partial charge >= 0.3 is 0 Å². The van der Waals surface area contributed by atoms with E-state index in [2.05, 4.69) is 0 Å². The van der Waals surface area contributed by atoms with E-state index in [1.807, 2.05) is 30.4 Å². The van der Waals surface area contributed by atoms with Crippen molar-refractivity contribution in [3.8, 4) is 12.1 Å². The Morgan fingerprint density at radius 2 is 1.64 bits per heavy atom. The summed E-state index contributed by atoms with van der Waals surface area (Å²) in [5.74, 6) is -1.97. The average molecular weight is 330 g/mol. The molecule has 0 radical (unpaired) electrons. The lowest BCUT2D eigenvalue weighted by atomic mass is 9.68. The van der Waals surface area contributed by atoms with Crippen LogP contribution in [0.25, 0.3) is 0 Å². The highest BCUT2D eigenvalue weighted by molar-refractivity contribution is 6.23. The zero-order valence-corrected chi connectivity index (χ0v) is 13.5. The first-order valence-electron chi connectivity index (χ1n) is 7.98. The van der Waals surface area contributed by atoms with Gasteiger partial charge in [-0.2, -0.15) is 10.5 Å². The van der Waals surface area contributed by atoms with Crippen LogP contribution in [-0.2, 0) is 9.59 Å². The first-order chi connectivity index (χ1) is 12.1. The number of likely N-dealkylation sites (N-methyl/N-ethyl adjacent to an activating group) is 1. The van der Waals surface area contributed by atoms with Crippen LogP contribution in [0, 0.1) is 40.4 Å². The monoisotopic (exact) mass is 330 g/mol. The van der Waals surface area contributed by atoms with E-state index in [0.717, 1.165) is 0 Å². The van der Waals surface area contributed by atoms with Gasteiger partial charge < -0.3 is 4.90 Å². The number of benzene rings is 1. The number of carbonyl (C=O) groups is 2. The molecule has 4 atom stereocenters. The number of allylic oxidation sites excluding steroid dienone is 2. The van der Waals surface area contributed by atoms with Crippen LogP contribution >= 0.6 is 0 Å². The van der Waals surface area contributed by atoms with Crippen LogP contribution in [0.2, 0.25) is 0 Å². The third kappa shape index (κ3) is 1.88. The molecule has 1 aromatic carbocycles. The first-order valence-corrected chi connectivity index (χ1v) is 7.98. The van der Waals surface area contributed by atoms with E-state index in [0.29, 0.717) is 11.4 Å². The number of nitriles is 2. The van der Waals surface area contributed by atoms with Crippen molar-refractivity contribution in [2.75, 3.05) is 11.9 Å². The largest absolute Gasteiger partial charge is 0.368 e. The molecule has 6 heteroatoms. The zero-order valence-electron chi connectivity index (χ0n) is 13.5. The van der Waals surface area contributed by atoms with Crippen LogP contribution in [0.15, 0.2) is 53.8 Å². The predicted octanol–water partition coefficient (Wildman–Crippen LogP) is 1.59. The number of carbonyl (C=O) groups excluding carboxylic acids is 2. The third-order valence-corrected chi connectivity index (χ3v) is 5.31. The number of imide groups is 1. The van der Waals surface area contributed by atoms with Crippen LogP contribution < -0.4 is 4.90 Å². The summed E-state index contributed by atoms with van der Waals surface area (Å²) in [6, 6.07) is 12.4. The van der Waals surface area contributed by atoms with Gasteiger partial charge in [-0.1, -0.05) is 30.4 Å². The summed E-state index contributed by atoms with van der Waals surface area (Å²) in [5.41, 5.74) is 1.09. The van der Waals surface area contributed by atoms with E-state index in [1.165, 1.54) is 4.90 Å². The van der Waals surface area contributed by atoms with Gasteiger partial charge in [-0.15, -0.1) is 0 Å². The molecule has 122 valence electrons. The Bertz CT molecular complexity index is 903. The van der Waals surface area contributed by atoms with Crippen LogP contribution in [0.1, 0.15) is 0 Å². The molecule has 0 N–H and O–H groups in total. The molecule has 0 unspecified atom stereocenters. The van der Waals surface area contributed by atoms with Gasteiger partial charge in [0.05, 0.1) is 29.3 Å². The normalized spacial score (nSPS) is 29.5. The van der Waals surface area contributed by atoms with Crippen molar-refractivity contribution in [1.82, 2.24) is 4.90 Å². The minimum absolute atomic E-state index is 0.00119. The van der Waals surface area contributed by atoms with Crippen LogP contribution in [0.3, 0.4) is 0 Å². The highest BCUT2D eigenvalue weighted by Crippen LogP contribution is 2.50. The summed E-state index contributed by atoms with van der Waals surface area (Å²) in [7, 11) is 1.77. The molecular weight excluding hydrogens is 316 g/mol. The number of amides is 2. The van der Waals surface area contributed by atoms with Gasteiger partial charge in [0.25, 0.3) is 0 Å². The molecule has 0 saturated carbocycles. The fraction of sp³-hybridized carbons (Fsp3) is 0.263. The van der Waals surface area contributed by atoms with Crippen molar-refractivity contribution in [3.05, 3.63) is 53.8 Å².